The summed E-state index contributed by atoms with van der Waals surface area (Å²) < 4.78 is 5.38. The van der Waals surface area contributed by atoms with E-state index in [4.69, 9.17) is 16.1 Å². The molecule has 0 spiro atoms. The number of nitrogens with one attached hydrogen (secondary N) is 1. The molecule has 1 aromatic carbocycles. The molecule has 1 unspecified atom stereocenters. The maximum Gasteiger partial charge on any atom is 0.227 e. The third-order valence-corrected chi connectivity index (χ3v) is 3.94. The molecule has 6 heteroatoms. The summed E-state index contributed by atoms with van der Waals surface area (Å²) in [5.74, 6) is 1.98. The summed E-state index contributed by atoms with van der Waals surface area (Å²) in [6.45, 7) is 2.20. The Kier molecular flexibility index (Phi) is 6.03. The zero-order valence-corrected chi connectivity index (χ0v) is 13.3. The standard InChI is InChI=1S/C15H18ClN3O.ClH/c16-13-5-1-4-12(10-13)15-18-14(20-19-15)9-11-3-2-7-17-8-6-11;/h1,4-5,10-11,17H,2-3,6-9H2;1H. The average molecular weight is 328 g/mol. The van der Waals surface area contributed by atoms with E-state index in [0.717, 1.165) is 31.0 Å². The molecule has 2 heterocycles. The van der Waals surface area contributed by atoms with E-state index < -0.39 is 0 Å². The van der Waals surface area contributed by atoms with E-state index in [1.54, 1.807) is 0 Å². The van der Waals surface area contributed by atoms with Gasteiger partial charge in [-0.25, -0.2) is 0 Å². The first-order valence-corrected chi connectivity index (χ1v) is 7.48. The van der Waals surface area contributed by atoms with Gasteiger partial charge in [0.2, 0.25) is 11.7 Å². The SMILES string of the molecule is Cl.Clc1cccc(-c2noc(CC3CCCNCC3)n2)c1. The lowest BCUT2D eigenvalue weighted by molar-refractivity contribution is 0.341. The first-order chi connectivity index (χ1) is 9.81. The number of aromatic nitrogens is 2. The van der Waals surface area contributed by atoms with Crippen LogP contribution >= 0.6 is 24.0 Å². The highest BCUT2D eigenvalue weighted by atomic mass is 35.5. The third kappa shape index (κ3) is 4.43. The Balaban J connectivity index is 0.00000161. The molecule has 1 N–H and O–H groups in total. The van der Waals surface area contributed by atoms with Gasteiger partial charge >= 0.3 is 0 Å². The Morgan fingerprint density at radius 3 is 3.05 bits per heavy atom. The predicted molar refractivity (Wildman–Crippen MR) is 85.9 cm³/mol. The lowest BCUT2D eigenvalue weighted by Gasteiger charge is -2.09. The predicted octanol–water partition coefficient (Wildman–Crippen LogP) is 3.74. The largest absolute Gasteiger partial charge is 0.339 e. The fourth-order valence-corrected chi connectivity index (χ4v) is 2.82. The van der Waals surface area contributed by atoms with Crippen molar-refractivity contribution in [1.29, 1.82) is 0 Å². The fourth-order valence-electron chi connectivity index (χ4n) is 2.62. The van der Waals surface area contributed by atoms with Gasteiger partial charge in [0, 0.05) is 17.0 Å². The van der Waals surface area contributed by atoms with Crippen molar-refractivity contribution < 1.29 is 4.52 Å². The number of rotatable bonds is 3. The van der Waals surface area contributed by atoms with Crippen molar-refractivity contribution in [1.82, 2.24) is 15.5 Å². The molecule has 1 saturated heterocycles. The van der Waals surface area contributed by atoms with Gasteiger partial charge in [0.15, 0.2) is 0 Å². The number of nitrogens with zero attached hydrogens (tertiary/aromatic N) is 2. The van der Waals surface area contributed by atoms with Crippen molar-refractivity contribution in [2.45, 2.75) is 25.7 Å². The quantitative estimate of drug-likeness (QED) is 0.932. The highest BCUT2D eigenvalue weighted by Gasteiger charge is 2.17. The molecule has 1 aromatic heterocycles. The van der Waals surface area contributed by atoms with Crippen LogP contribution in [0.1, 0.15) is 25.2 Å². The van der Waals surface area contributed by atoms with Crippen LogP contribution in [0.5, 0.6) is 0 Å². The van der Waals surface area contributed by atoms with E-state index in [-0.39, 0.29) is 12.4 Å². The molecule has 3 rings (SSSR count). The van der Waals surface area contributed by atoms with E-state index in [9.17, 15) is 0 Å². The van der Waals surface area contributed by atoms with E-state index >= 15 is 0 Å². The van der Waals surface area contributed by atoms with E-state index in [1.165, 1.54) is 19.3 Å². The van der Waals surface area contributed by atoms with Gasteiger partial charge in [0.05, 0.1) is 0 Å². The lowest BCUT2D eigenvalue weighted by atomic mass is 9.97. The maximum absolute atomic E-state index is 5.98. The molecule has 0 aliphatic carbocycles. The van der Waals surface area contributed by atoms with Gasteiger partial charge in [-0.3, -0.25) is 0 Å². The van der Waals surface area contributed by atoms with Crippen molar-refractivity contribution in [3.05, 3.63) is 35.2 Å². The summed E-state index contributed by atoms with van der Waals surface area (Å²) in [6, 6.07) is 7.52. The normalized spacial score (nSPS) is 18.8. The van der Waals surface area contributed by atoms with Gasteiger partial charge < -0.3 is 9.84 Å². The maximum atomic E-state index is 5.98. The topological polar surface area (TPSA) is 51.0 Å². The Bertz CT molecular complexity index is 566. The summed E-state index contributed by atoms with van der Waals surface area (Å²) in [5, 5.41) is 8.16. The van der Waals surface area contributed by atoms with Crippen LogP contribution in [0.25, 0.3) is 11.4 Å². The molecule has 0 radical (unpaired) electrons. The molecule has 1 atom stereocenters. The van der Waals surface area contributed by atoms with Crippen molar-refractivity contribution in [2.24, 2.45) is 5.92 Å². The molecule has 0 amide bonds. The van der Waals surface area contributed by atoms with E-state index in [2.05, 4.69) is 15.5 Å². The summed E-state index contributed by atoms with van der Waals surface area (Å²) in [4.78, 5) is 4.49. The molecule has 1 fully saturated rings. The van der Waals surface area contributed by atoms with Crippen molar-refractivity contribution >= 4 is 24.0 Å². The average Bonchev–Trinajstić information content (AvgIpc) is 2.75. The van der Waals surface area contributed by atoms with E-state index in [1.807, 2.05) is 24.3 Å². The molecular formula is C15H19Cl2N3O. The summed E-state index contributed by atoms with van der Waals surface area (Å²) in [7, 11) is 0. The molecule has 2 aromatic rings. The van der Waals surface area contributed by atoms with E-state index in [0.29, 0.717) is 16.8 Å². The molecule has 21 heavy (non-hydrogen) atoms. The van der Waals surface area contributed by atoms with Gasteiger partial charge in [-0.05, 0) is 50.4 Å². The van der Waals surface area contributed by atoms with Crippen LogP contribution in [0.15, 0.2) is 28.8 Å². The van der Waals surface area contributed by atoms with Gasteiger partial charge in [-0.15, -0.1) is 12.4 Å². The van der Waals surface area contributed by atoms with Crippen LogP contribution in [-0.4, -0.2) is 23.2 Å². The third-order valence-electron chi connectivity index (χ3n) is 3.71. The minimum Gasteiger partial charge on any atom is -0.339 e. The van der Waals surface area contributed by atoms with Gasteiger partial charge in [0.1, 0.15) is 0 Å². The molecule has 0 saturated carbocycles. The first-order valence-electron chi connectivity index (χ1n) is 7.10. The Labute approximate surface area is 135 Å². The summed E-state index contributed by atoms with van der Waals surface area (Å²) >= 11 is 5.98. The molecule has 4 nitrogen and oxygen atoms in total. The number of hydrogen-bond donors (Lipinski definition) is 1. The van der Waals surface area contributed by atoms with Gasteiger partial charge in [-0.2, -0.15) is 4.98 Å². The minimum atomic E-state index is 0. The smallest absolute Gasteiger partial charge is 0.227 e. The Morgan fingerprint density at radius 2 is 2.19 bits per heavy atom. The Morgan fingerprint density at radius 1 is 1.29 bits per heavy atom. The monoisotopic (exact) mass is 327 g/mol. The molecule has 1 aliphatic heterocycles. The number of benzene rings is 1. The second-order valence-electron chi connectivity index (χ2n) is 5.27. The van der Waals surface area contributed by atoms with Crippen LogP contribution < -0.4 is 5.32 Å². The van der Waals surface area contributed by atoms with Crippen LogP contribution in [0.4, 0.5) is 0 Å². The van der Waals surface area contributed by atoms with Crippen LogP contribution in [0, 0.1) is 5.92 Å². The highest BCUT2D eigenvalue weighted by molar-refractivity contribution is 6.30. The van der Waals surface area contributed by atoms with Crippen molar-refractivity contribution in [3.63, 3.8) is 0 Å². The Hall–Kier alpha value is -1.10. The second-order valence-corrected chi connectivity index (χ2v) is 5.71. The molecule has 0 bridgehead atoms. The number of hydrogen-bond acceptors (Lipinski definition) is 4. The fraction of sp³-hybridized carbons (Fsp3) is 0.467. The van der Waals surface area contributed by atoms with Crippen LogP contribution in [0.3, 0.4) is 0 Å². The summed E-state index contributed by atoms with van der Waals surface area (Å²) in [6.07, 6.45) is 4.49. The zero-order chi connectivity index (χ0) is 13.8. The van der Waals surface area contributed by atoms with Gasteiger partial charge in [0.25, 0.3) is 0 Å². The van der Waals surface area contributed by atoms with Crippen LogP contribution in [-0.2, 0) is 6.42 Å². The second kappa shape index (κ2) is 7.78. The van der Waals surface area contributed by atoms with Crippen molar-refractivity contribution in [3.8, 4) is 11.4 Å². The van der Waals surface area contributed by atoms with Crippen molar-refractivity contribution in [2.75, 3.05) is 13.1 Å². The first kappa shape index (κ1) is 16.3. The lowest BCUT2D eigenvalue weighted by Crippen LogP contribution is -2.14. The molecular weight excluding hydrogens is 309 g/mol. The minimum absolute atomic E-state index is 0. The highest BCUT2D eigenvalue weighted by Crippen LogP contribution is 2.22. The molecule has 1 aliphatic rings. The van der Waals surface area contributed by atoms with Gasteiger partial charge in [-0.1, -0.05) is 28.9 Å². The zero-order valence-electron chi connectivity index (χ0n) is 11.7. The number of halogens is 2. The summed E-state index contributed by atoms with van der Waals surface area (Å²) in [5.41, 5.74) is 0.898. The molecule has 114 valence electrons. The van der Waals surface area contributed by atoms with Crippen LogP contribution in [0.2, 0.25) is 5.02 Å².